The van der Waals surface area contributed by atoms with Crippen LogP contribution in [0.2, 0.25) is 0 Å². The summed E-state index contributed by atoms with van der Waals surface area (Å²) in [5, 5.41) is 3.45. The van der Waals surface area contributed by atoms with Gasteiger partial charge < -0.3 is 5.32 Å². The Hall–Kier alpha value is -2.02. The number of allylic oxidation sites excluding steroid dienone is 6. The van der Waals surface area contributed by atoms with Gasteiger partial charge in [0.2, 0.25) is 0 Å². The molecule has 0 amide bonds. The Morgan fingerprint density at radius 2 is 2.00 bits per heavy atom. The van der Waals surface area contributed by atoms with E-state index in [0.29, 0.717) is 0 Å². The van der Waals surface area contributed by atoms with Crippen LogP contribution >= 0.6 is 0 Å². The lowest BCUT2D eigenvalue weighted by Crippen LogP contribution is -1.96. The summed E-state index contributed by atoms with van der Waals surface area (Å²) in [6.45, 7) is 11.1. The number of hydrogen-bond acceptors (Lipinski definition) is 1. The molecule has 19 heavy (non-hydrogen) atoms. The topological polar surface area (TPSA) is 12.0 Å². The minimum atomic E-state index is 0.899. The van der Waals surface area contributed by atoms with Crippen molar-refractivity contribution in [2.45, 2.75) is 20.8 Å². The van der Waals surface area contributed by atoms with Crippen molar-refractivity contribution in [3.05, 3.63) is 71.4 Å². The fourth-order valence-electron chi connectivity index (χ4n) is 2.51. The molecule has 1 aliphatic rings. The Morgan fingerprint density at radius 1 is 1.26 bits per heavy atom. The fraction of sp³-hybridized carbons (Fsp3) is 0.222. The van der Waals surface area contributed by atoms with Gasteiger partial charge in [-0.3, -0.25) is 0 Å². The third-order valence-corrected chi connectivity index (χ3v) is 3.63. The van der Waals surface area contributed by atoms with Crippen LogP contribution in [-0.2, 0) is 0 Å². The van der Waals surface area contributed by atoms with Crippen molar-refractivity contribution in [2.24, 2.45) is 0 Å². The summed E-state index contributed by atoms with van der Waals surface area (Å²) in [7, 11) is 0. The summed E-state index contributed by atoms with van der Waals surface area (Å²) < 4.78 is 0. The van der Waals surface area contributed by atoms with Gasteiger partial charge in [-0.2, -0.15) is 0 Å². The molecule has 0 bridgehead atoms. The minimum Gasteiger partial charge on any atom is -0.380 e. The van der Waals surface area contributed by atoms with Crippen LogP contribution in [0.5, 0.6) is 0 Å². The monoisotopic (exact) mass is 251 g/mol. The van der Waals surface area contributed by atoms with Crippen molar-refractivity contribution in [3.63, 3.8) is 0 Å². The zero-order chi connectivity index (χ0) is 13.8. The van der Waals surface area contributed by atoms with Crippen LogP contribution < -0.4 is 5.32 Å². The molecule has 0 saturated heterocycles. The average Bonchev–Trinajstić information content (AvgIpc) is 2.87. The molecule has 0 aliphatic carbocycles. The van der Waals surface area contributed by atoms with Gasteiger partial charge in [-0.15, -0.1) is 0 Å². The number of hydrogen-bond donors (Lipinski definition) is 1. The summed E-state index contributed by atoms with van der Waals surface area (Å²) in [6.07, 6.45) is 6.18. The van der Waals surface area contributed by atoms with Crippen molar-refractivity contribution in [2.75, 3.05) is 11.9 Å². The van der Waals surface area contributed by atoms with Crippen molar-refractivity contribution in [1.82, 2.24) is 0 Å². The summed E-state index contributed by atoms with van der Waals surface area (Å²) >= 11 is 0. The number of rotatable bonds is 3. The lowest BCUT2D eigenvalue weighted by atomic mass is 9.94. The van der Waals surface area contributed by atoms with Crippen LogP contribution in [-0.4, -0.2) is 6.54 Å². The molecule has 1 aromatic carbocycles. The quantitative estimate of drug-likeness (QED) is 0.748. The highest BCUT2D eigenvalue weighted by molar-refractivity contribution is 5.87. The highest BCUT2D eigenvalue weighted by Gasteiger charge is 2.18. The first-order valence-electron chi connectivity index (χ1n) is 6.68. The van der Waals surface area contributed by atoms with Gasteiger partial charge in [0.25, 0.3) is 0 Å². The normalized spacial score (nSPS) is 17.8. The zero-order valence-electron chi connectivity index (χ0n) is 12.0. The van der Waals surface area contributed by atoms with Gasteiger partial charge >= 0.3 is 0 Å². The maximum absolute atomic E-state index is 3.89. The second kappa shape index (κ2) is 5.75. The van der Waals surface area contributed by atoms with Gasteiger partial charge in [0.05, 0.1) is 0 Å². The van der Waals surface area contributed by atoms with Crippen molar-refractivity contribution >= 4 is 11.3 Å². The second-order valence-electron chi connectivity index (χ2n) is 4.80. The first-order valence-corrected chi connectivity index (χ1v) is 6.68. The number of anilines is 1. The Morgan fingerprint density at radius 3 is 2.68 bits per heavy atom. The van der Waals surface area contributed by atoms with Gasteiger partial charge in [0.1, 0.15) is 0 Å². The average molecular weight is 251 g/mol. The SMILES string of the molecule is C=C/C(C)=C(\C=C/C)C(/C)=C1/CNc2ccccc21. The van der Waals surface area contributed by atoms with Crippen LogP contribution in [0.25, 0.3) is 5.57 Å². The highest BCUT2D eigenvalue weighted by atomic mass is 14.9. The van der Waals surface area contributed by atoms with E-state index in [2.05, 4.69) is 69.1 Å². The predicted molar refractivity (Wildman–Crippen MR) is 85.2 cm³/mol. The molecule has 1 aliphatic heterocycles. The van der Waals surface area contributed by atoms with E-state index in [0.717, 1.165) is 6.54 Å². The molecular weight excluding hydrogens is 230 g/mol. The molecule has 1 heteroatoms. The Kier molecular flexibility index (Phi) is 4.06. The molecule has 98 valence electrons. The molecule has 1 N–H and O–H groups in total. The van der Waals surface area contributed by atoms with E-state index in [9.17, 15) is 0 Å². The predicted octanol–water partition coefficient (Wildman–Crippen LogP) is 4.96. The largest absolute Gasteiger partial charge is 0.380 e. The van der Waals surface area contributed by atoms with E-state index >= 15 is 0 Å². The maximum Gasteiger partial charge on any atom is 0.0420 e. The fourth-order valence-corrected chi connectivity index (χ4v) is 2.51. The highest BCUT2D eigenvalue weighted by Crippen LogP contribution is 2.35. The number of para-hydroxylation sites is 1. The van der Waals surface area contributed by atoms with Gasteiger partial charge in [-0.25, -0.2) is 0 Å². The summed E-state index contributed by atoms with van der Waals surface area (Å²) in [4.78, 5) is 0. The van der Waals surface area contributed by atoms with E-state index in [4.69, 9.17) is 0 Å². The third-order valence-electron chi connectivity index (χ3n) is 3.63. The Bertz CT molecular complexity index is 585. The molecule has 1 nitrogen and oxygen atoms in total. The summed E-state index contributed by atoms with van der Waals surface area (Å²) in [5.41, 5.74) is 7.74. The van der Waals surface area contributed by atoms with Crippen LogP contribution in [0.4, 0.5) is 5.69 Å². The number of nitrogens with one attached hydrogen (secondary N) is 1. The zero-order valence-corrected chi connectivity index (χ0v) is 12.0. The lowest BCUT2D eigenvalue weighted by Gasteiger charge is -2.10. The van der Waals surface area contributed by atoms with Crippen LogP contribution in [0.3, 0.4) is 0 Å². The summed E-state index contributed by atoms with van der Waals surface area (Å²) in [5.74, 6) is 0. The molecule has 0 saturated carbocycles. The molecule has 1 heterocycles. The molecule has 0 aromatic heterocycles. The number of benzene rings is 1. The van der Waals surface area contributed by atoms with E-state index < -0.39 is 0 Å². The Balaban J connectivity index is 2.57. The van der Waals surface area contributed by atoms with E-state index in [-0.39, 0.29) is 0 Å². The van der Waals surface area contributed by atoms with E-state index in [1.807, 2.05) is 6.08 Å². The van der Waals surface area contributed by atoms with Gasteiger partial charge in [0.15, 0.2) is 0 Å². The molecular formula is C18H21N. The van der Waals surface area contributed by atoms with Crippen molar-refractivity contribution in [1.29, 1.82) is 0 Å². The summed E-state index contributed by atoms with van der Waals surface area (Å²) in [6, 6.07) is 8.49. The van der Waals surface area contributed by atoms with Gasteiger partial charge in [0, 0.05) is 17.8 Å². The first kappa shape index (κ1) is 13.4. The molecule has 1 aromatic rings. The standard InChI is InChI=1S/C18H21N/c1-5-9-15(13(3)6-2)14(4)17-12-19-18-11-8-7-10-16(17)18/h5-11,19H,2,12H2,1,3-4H3/b9-5-,15-13+,17-14-. The van der Waals surface area contributed by atoms with Crippen LogP contribution in [0.1, 0.15) is 26.3 Å². The van der Waals surface area contributed by atoms with E-state index in [1.165, 1.54) is 33.5 Å². The van der Waals surface area contributed by atoms with Gasteiger partial charge in [-0.1, -0.05) is 43.0 Å². The first-order chi connectivity index (χ1) is 9.19. The lowest BCUT2D eigenvalue weighted by molar-refractivity contribution is 1.32. The number of fused-ring (bicyclic) bond motifs is 1. The Labute approximate surface area is 116 Å². The molecule has 0 spiro atoms. The van der Waals surface area contributed by atoms with Crippen LogP contribution in [0, 0.1) is 0 Å². The van der Waals surface area contributed by atoms with Crippen molar-refractivity contribution in [3.8, 4) is 0 Å². The maximum atomic E-state index is 3.89. The third kappa shape index (κ3) is 2.55. The second-order valence-corrected chi connectivity index (χ2v) is 4.80. The van der Waals surface area contributed by atoms with Crippen molar-refractivity contribution < 1.29 is 0 Å². The molecule has 0 unspecified atom stereocenters. The molecule has 0 radical (unpaired) electrons. The van der Waals surface area contributed by atoms with E-state index in [1.54, 1.807) is 0 Å². The minimum absolute atomic E-state index is 0.899. The van der Waals surface area contributed by atoms with Gasteiger partial charge in [-0.05, 0) is 49.1 Å². The molecule has 0 atom stereocenters. The van der Waals surface area contributed by atoms with Crippen LogP contribution in [0.15, 0.2) is 65.8 Å². The molecule has 2 rings (SSSR count). The molecule has 0 fully saturated rings. The smallest absolute Gasteiger partial charge is 0.0420 e.